The topological polar surface area (TPSA) is 18.5 Å². The van der Waals surface area contributed by atoms with Gasteiger partial charge in [-0.3, -0.25) is 0 Å². The van der Waals surface area contributed by atoms with Crippen molar-refractivity contribution in [3.05, 3.63) is 42.5 Å². The second-order valence-electron chi connectivity index (χ2n) is 6.91. The third-order valence-electron chi connectivity index (χ3n) is 4.94. The van der Waals surface area contributed by atoms with E-state index in [1.54, 1.807) is 0 Å². The molecule has 0 unspecified atom stereocenters. The molecule has 2 heterocycles. The van der Waals surface area contributed by atoms with Gasteiger partial charge in [-0.2, -0.15) is 0 Å². The van der Waals surface area contributed by atoms with E-state index in [1.165, 1.54) is 23.0 Å². The standard InChI is InChI=1S/C18H19BO2Te/c1-17(2)18(3,4)21-19(20-17)13-9-7-11-15-16(13)12-8-5-6-10-14(12)22-15/h5-11H,1-4H3. The molecule has 4 heteroatoms. The van der Waals surface area contributed by atoms with Crippen molar-refractivity contribution >= 4 is 50.6 Å². The Morgan fingerprint density at radius 2 is 1.45 bits per heavy atom. The van der Waals surface area contributed by atoms with E-state index in [2.05, 4.69) is 70.2 Å². The zero-order valence-electron chi connectivity index (χ0n) is 13.3. The second kappa shape index (κ2) is 4.85. The van der Waals surface area contributed by atoms with Crippen LogP contribution >= 0.6 is 0 Å². The summed E-state index contributed by atoms with van der Waals surface area (Å²) < 4.78 is 15.6. The minimum absolute atomic E-state index is 0.279. The van der Waals surface area contributed by atoms with E-state index < -0.39 is 0 Å². The Bertz CT molecular complexity index is 850. The Morgan fingerprint density at radius 1 is 0.818 bits per heavy atom. The van der Waals surface area contributed by atoms with Crippen molar-refractivity contribution in [1.29, 1.82) is 0 Å². The Kier molecular flexibility index (Phi) is 3.26. The van der Waals surface area contributed by atoms with Crippen LogP contribution in [0, 0.1) is 0 Å². The molecular weight excluding hydrogens is 387 g/mol. The van der Waals surface area contributed by atoms with Crippen molar-refractivity contribution in [3.63, 3.8) is 0 Å². The molecular formula is C18H19BO2Te. The van der Waals surface area contributed by atoms with E-state index in [1.807, 2.05) is 0 Å². The molecule has 1 aliphatic rings. The molecule has 0 radical (unpaired) electrons. The number of hydrogen-bond donors (Lipinski definition) is 0. The quantitative estimate of drug-likeness (QED) is 0.578. The van der Waals surface area contributed by atoms with Gasteiger partial charge in [-0.1, -0.05) is 0 Å². The van der Waals surface area contributed by atoms with Crippen LogP contribution in [-0.2, 0) is 9.31 Å². The maximum absolute atomic E-state index is 6.28. The van der Waals surface area contributed by atoms with E-state index in [0.717, 1.165) is 0 Å². The van der Waals surface area contributed by atoms with Gasteiger partial charge in [0.2, 0.25) is 0 Å². The van der Waals surface area contributed by atoms with Crippen LogP contribution in [0.25, 0.3) is 17.6 Å². The number of benzene rings is 2. The van der Waals surface area contributed by atoms with E-state index in [-0.39, 0.29) is 38.8 Å². The average Bonchev–Trinajstić information content (AvgIpc) is 2.93. The zero-order chi connectivity index (χ0) is 15.5. The fourth-order valence-corrected chi connectivity index (χ4v) is 6.22. The summed E-state index contributed by atoms with van der Waals surface area (Å²) in [6.45, 7) is 8.44. The second-order valence-corrected chi connectivity index (χ2v) is 10.0. The summed E-state index contributed by atoms with van der Waals surface area (Å²) in [6.07, 6.45) is 0. The molecule has 1 aliphatic heterocycles. The molecule has 1 saturated heterocycles. The van der Waals surface area contributed by atoms with Crippen LogP contribution in [0.15, 0.2) is 42.5 Å². The molecule has 0 amide bonds. The number of hydrogen-bond acceptors (Lipinski definition) is 2. The summed E-state index contributed by atoms with van der Waals surface area (Å²) in [5.41, 5.74) is 0.593. The Balaban J connectivity index is 1.93. The summed E-state index contributed by atoms with van der Waals surface area (Å²) >= 11 is -0.287. The van der Waals surface area contributed by atoms with E-state index >= 15 is 0 Å². The minimum atomic E-state index is -0.296. The molecule has 3 aromatic rings. The first-order valence-corrected chi connectivity index (χ1v) is 9.98. The fraction of sp³-hybridized carbons (Fsp3) is 0.333. The molecule has 1 fully saturated rings. The van der Waals surface area contributed by atoms with Gasteiger partial charge in [0.1, 0.15) is 0 Å². The molecule has 4 rings (SSSR count). The van der Waals surface area contributed by atoms with Crippen LogP contribution in [0.5, 0.6) is 0 Å². The summed E-state index contributed by atoms with van der Waals surface area (Å²) in [5, 5.41) is 2.74. The first-order valence-electron chi connectivity index (χ1n) is 7.65. The van der Waals surface area contributed by atoms with Crippen LogP contribution in [0.2, 0.25) is 0 Å². The molecule has 112 valence electrons. The van der Waals surface area contributed by atoms with Crippen LogP contribution in [0.3, 0.4) is 0 Å². The van der Waals surface area contributed by atoms with Crippen molar-refractivity contribution in [2.75, 3.05) is 0 Å². The maximum atomic E-state index is 6.28. The van der Waals surface area contributed by atoms with E-state index in [9.17, 15) is 0 Å². The number of fused-ring (bicyclic) bond motifs is 3. The molecule has 0 aliphatic carbocycles. The zero-order valence-corrected chi connectivity index (χ0v) is 15.7. The fourth-order valence-electron chi connectivity index (χ4n) is 2.97. The molecule has 2 aromatic carbocycles. The van der Waals surface area contributed by atoms with Crippen LogP contribution in [0.4, 0.5) is 0 Å². The number of rotatable bonds is 1. The van der Waals surface area contributed by atoms with Crippen molar-refractivity contribution in [2.24, 2.45) is 0 Å². The van der Waals surface area contributed by atoms with Gasteiger partial charge < -0.3 is 0 Å². The molecule has 0 saturated carbocycles. The third kappa shape index (κ3) is 2.09. The third-order valence-corrected chi connectivity index (χ3v) is 8.18. The van der Waals surface area contributed by atoms with E-state index in [4.69, 9.17) is 9.31 Å². The van der Waals surface area contributed by atoms with Gasteiger partial charge in [0.15, 0.2) is 0 Å². The Hall–Kier alpha value is -0.785. The monoisotopic (exact) mass is 408 g/mol. The van der Waals surface area contributed by atoms with Crippen molar-refractivity contribution in [2.45, 2.75) is 38.9 Å². The van der Waals surface area contributed by atoms with E-state index in [0.29, 0.717) is 0 Å². The van der Waals surface area contributed by atoms with Gasteiger partial charge in [-0.15, -0.1) is 0 Å². The van der Waals surface area contributed by atoms with Crippen molar-refractivity contribution in [1.82, 2.24) is 0 Å². The summed E-state index contributed by atoms with van der Waals surface area (Å²) in [5.74, 6) is 0. The van der Waals surface area contributed by atoms with Gasteiger partial charge in [-0.05, 0) is 0 Å². The molecule has 0 spiro atoms. The van der Waals surface area contributed by atoms with Crippen LogP contribution in [-0.4, -0.2) is 38.8 Å². The molecule has 2 nitrogen and oxygen atoms in total. The summed E-state index contributed by atoms with van der Waals surface area (Å²) in [6, 6.07) is 15.4. The molecule has 0 atom stereocenters. The molecule has 1 aromatic heterocycles. The van der Waals surface area contributed by atoms with Gasteiger partial charge in [-0.25, -0.2) is 0 Å². The SMILES string of the molecule is CC1(C)OB(c2cccc3[te]c4ccccc4c23)OC1(C)C. The van der Waals surface area contributed by atoms with Crippen LogP contribution < -0.4 is 5.46 Å². The normalized spacial score (nSPS) is 20.1. The Morgan fingerprint density at radius 3 is 2.18 bits per heavy atom. The molecule has 0 N–H and O–H groups in total. The van der Waals surface area contributed by atoms with Gasteiger partial charge >= 0.3 is 141 Å². The predicted octanol–water partition coefficient (Wildman–Crippen LogP) is 3.35. The van der Waals surface area contributed by atoms with Crippen molar-refractivity contribution < 1.29 is 9.31 Å². The van der Waals surface area contributed by atoms with Crippen molar-refractivity contribution in [3.8, 4) is 0 Å². The van der Waals surface area contributed by atoms with Gasteiger partial charge in [0, 0.05) is 0 Å². The van der Waals surface area contributed by atoms with Crippen LogP contribution in [0.1, 0.15) is 27.7 Å². The van der Waals surface area contributed by atoms with Gasteiger partial charge in [0.25, 0.3) is 0 Å². The average molecular weight is 406 g/mol. The molecule has 0 bridgehead atoms. The Labute approximate surface area is 141 Å². The first kappa shape index (κ1) is 14.8. The predicted molar refractivity (Wildman–Crippen MR) is 94.1 cm³/mol. The summed E-state index contributed by atoms with van der Waals surface area (Å²) in [4.78, 5) is 0. The first-order chi connectivity index (χ1) is 10.4. The molecule has 22 heavy (non-hydrogen) atoms. The van der Waals surface area contributed by atoms with Gasteiger partial charge in [0.05, 0.1) is 0 Å². The summed E-state index contributed by atoms with van der Waals surface area (Å²) in [7, 11) is -0.279.